The lowest BCUT2D eigenvalue weighted by molar-refractivity contribution is 0.380. The maximum Gasteiger partial charge on any atom is 0.191 e. The summed E-state index contributed by atoms with van der Waals surface area (Å²) in [6.07, 6.45) is 2.98. The van der Waals surface area contributed by atoms with Gasteiger partial charge in [-0.3, -0.25) is 0 Å². The largest absolute Gasteiger partial charge is 0.361 e. The van der Waals surface area contributed by atoms with Crippen molar-refractivity contribution in [1.82, 2.24) is 15.8 Å². The van der Waals surface area contributed by atoms with Crippen LogP contribution in [0.2, 0.25) is 0 Å². The number of rotatable bonds is 8. The Labute approximate surface area is 179 Å². The van der Waals surface area contributed by atoms with Gasteiger partial charge in [-0.25, -0.2) is 4.99 Å². The molecule has 3 rings (SSSR count). The van der Waals surface area contributed by atoms with E-state index in [9.17, 15) is 0 Å². The molecular formula is C21H31IN4O. The van der Waals surface area contributed by atoms with Crippen molar-refractivity contribution in [3.8, 4) is 0 Å². The SMILES string of the molecule is CCNC(=NCc1c(CC)noc1CC)NCC1CC1c1ccccc1.I. The van der Waals surface area contributed by atoms with Gasteiger partial charge >= 0.3 is 0 Å². The molecule has 0 spiro atoms. The van der Waals surface area contributed by atoms with Crippen molar-refractivity contribution in [2.45, 2.75) is 52.5 Å². The number of guanidine groups is 1. The van der Waals surface area contributed by atoms with Gasteiger partial charge in [-0.1, -0.05) is 49.3 Å². The first-order valence-corrected chi connectivity index (χ1v) is 9.80. The van der Waals surface area contributed by atoms with Gasteiger partial charge < -0.3 is 15.2 Å². The molecule has 1 aliphatic carbocycles. The van der Waals surface area contributed by atoms with E-state index in [4.69, 9.17) is 9.52 Å². The molecule has 6 heteroatoms. The predicted molar refractivity (Wildman–Crippen MR) is 121 cm³/mol. The van der Waals surface area contributed by atoms with Gasteiger partial charge in [0.2, 0.25) is 0 Å². The van der Waals surface area contributed by atoms with E-state index in [1.165, 1.54) is 12.0 Å². The summed E-state index contributed by atoms with van der Waals surface area (Å²) in [4.78, 5) is 4.77. The predicted octanol–water partition coefficient (Wildman–Crippen LogP) is 4.28. The summed E-state index contributed by atoms with van der Waals surface area (Å²) < 4.78 is 5.44. The molecule has 0 aliphatic heterocycles. The third-order valence-corrected chi connectivity index (χ3v) is 5.03. The Morgan fingerprint density at radius 1 is 1.15 bits per heavy atom. The number of aliphatic imine (C=N–C) groups is 1. The monoisotopic (exact) mass is 482 g/mol. The van der Waals surface area contributed by atoms with Crippen LogP contribution in [0.25, 0.3) is 0 Å². The fourth-order valence-electron chi connectivity index (χ4n) is 3.43. The van der Waals surface area contributed by atoms with Crippen LogP contribution < -0.4 is 10.6 Å². The van der Waals surface area contributed by atoms with E-state index in [2.05, 4.69) is 66.9 Å². The average Bonchev–Trinajstić information content (AvgIpc) is 3.35. The summed E-state index contributed by atoms with van der Waals surface area (Å²) in [5, 5.41) is 11.0. The van der Waals surface area contributed by atoms with Gasteiger partial charge in [0.25, 0.3) is 0 Å². The molecule has 27 heavy (non-hydrogen) atoms. The number of hydrogen-bond donors (Lipinski definition) is 2. The first-order chi connectivity index (χ1) is 12.8. The van der Waals surface area contributed by atoms with E-state index in [0.29, 0.717) is 18.4 Å². The lowest BCUT2D eigenvalue weighted by Gasteiger charge is -2.11. The summed E-state index contributed by atoms with van der Waals surface area (Å²) in [5.41, 5.74) is 3.61. The van der Waals surface area contributed by atoms with Crippen molar-refractivity contribution in [1.29, 1.82) is 0 Å². The lowest BCUT2D eigenvalue weighted by atomic mass is 10.1. The molecule has 148 valence electrons. The highest BCUT2D eigenvalue weighted by Gasteiger charge is 2.37. The second-order valence-corrected chi connectivity index (χ2v) is 6.83. The summed E-state index contributed by atoms with van der Waals surface area (Å²) >= 11 is 0. The molecule has 0 bridgehead atoms. The van der Waals surface area contributed by atoms with E-state index >= 15 is 0 Å². The van der Waals surface area contributed by atoms with E-state index in [0.717, 1.165) is 48.9 Å². The zero-order valence-electron chi connectivity index (χ0n) is 16.5. The second kappa shape index (κ2) is 10.7. The van der Waals surface area contributed by atoms with Crippen molar-refractivity contribution in [3.63, 3.8) is 0 Å². The molecule has 5 nitrogen and oxygen atoms in total. The third-order valence-electron chi connectivity index (χ3n) is 5.03. The summed E-state index contributed by atoms with van der Waals surface area (Å²) in [5.74, 6) is 3.20. The Morgan fingerprint density at radius 3 is 2.59 bits per heavy atom. The first-order valence-electron chi connectivity index (χ1n) is 9.80. The van der Waals surface area contributed by atoms with Gasteiger partial charge in [-0.05, 0) is 37.2 Å². The van der Waals surface area contributed by atoms with Crippen LogP contribution >= 0.6 is 24.0 Å². The molecule has 1 heterocycles. The zero-order valence-corrected chi connectivity index (χ0v) is 18.8. The number of hydrogen-bond acceptors (Lipinski definition) is 3. The van der Waals surface area contributed by atoms with Gasteiger partial charge in [0.05, 0.1) is 12.2 Å². The number of halogens is 1. The molecule has 1 aromatic heterocycles. The van der Waals surface area contributed by atoms with Crippen molar-refractivity contribution in [2.24, 2.45) is 10.9 Å². The van der Waals surface area contributed by atoms with Gasteiger partial charge in [0.1, 0.15) is 5.76 Å². The fourth-order valence-corrected chi connectivity index (χ4v) is 3.43. The highest BCUT2D eigenvalue weighted by Crippen LogP contribution is 2.46. The Hall–Kier alpha value is -1.57. The highest BCUT2D eigenvalue weighted by molar-refractivity contribution is 14.0. The fraction of sp³-hybridized carbons (Fsp3) is 0.524. The molecule has 2 atom stereocenters. The minimum absolute atomic E-state index is 0. The van der Waals surface area contributed by atoms with Crippen molar-refractivity contribution >= 4 is 29.9 Å². The number of aromatic nitrogens is 1. The zero-order chi connectivity index (χ0) is 18.4. The quantitative estimate of drug-likeness (QED) is 0.335. The third kappa shape index (κ3) is 5.70. The van der Waals surface area contributed by atoms with Crippen LogP contribution in [0.3, 0.4) is 0 Å². The maximum atomic E-state index is 5.44. The smallest absolute Gasteiger partial charge is 0.191 e. The van der Waals surface area contributed by atoms with Gasteiger partial charge in [-0.2, -0.15) is 0 Å². The van der Waals surface area contributed by atoms with Crippen LogP contribution in [0, 0.1) is 5.92 Å². The van der Waals surface area contributed by atoms with Crippen molar-refractivity contribution < 1.29 is 4.52 Å². The van der Waals surface area contributed by atoms with Crippen molar-refractivity contribution in [2.75, 3.05) is 13.1 Å². The molecule has 2 N–H and O–H groups in total. The summed E-state index contributed by atoms with van der Waals surface area (Å²) in [7, 11) is 0. The second-order valence-electron chi connectivity index (χ2n) is 6.83. The topological polar surface area (TPSA) is 62.5 Å². The summed E-state index contributed by atoms with van der Waals surface area (Å²) in [6, 6.07) is 10.8. The molecule has 1 aliphatic rings. The van der Waals surface area contributed by atoms with E-state index in [1.54, 1.807) is 0 Å². The summed E-state index contributed by atoms with van der Waals surface area (Å²) in [6.45, 7) is 8.70. The van der Waals surface area contributed by atoms with Crippen LogP contribution in [-0.2, 0) is 19.4 Å². The molecule has 2 unspecified atom stereocenters. The minimum atomic E-state index is 0. The molecule has 0 saturated heterocycles. The number of nitrogens with zero attached hydrogens (tertiary/aromatic N) is 2. The molecule has 1 fully saturated rings. The van der Waals surface area contributed by atoms with Crippen LogP contribution in [-0.4, -0.2) is 24.2 Å². The van der Waals surface area contributed by atoms with Gasteiger partial charge in [0, 0.05) is 25.1 Å². The Bertz CT molecular complexity index is 708. The molecule has 0 amide bonds. The van der Waals surface area contributed by atoms with Crippen LogP contribution in [0.4, 0.5) is 0 Å². The van der Waals surface area contributed by atoms with Gasteiger partial charge in [-0.15, -0.1) is 24.0 Å². The van der Waals surface area contributed by atoms with Crippen LogP contribution in [0.5, 0.6) is 0 Å². The van der Waals surface area contributed by atoms with Crippen LogP contribution in [0.1, 0.15) is 55.7 Å². The van der Waals surface area contributed by atoms with Gasteiger partial charge in [0.15, 0.2) is 5.96 Å². The van der Waals surface area contributed by atoms with E-state index < -0.39 is 0 Å². The Morgan fingerprint density at radius 2 is 1.93 bits per heavy atom. The standard InChI is InChI=1S/C21H30N4O.HI/c1-4-19-18(20(5-2)26-25-19)14-24-21(22-6-3)23-13-16-12-17(16)15-10-8-7-9-11-15;/h7-11,16-17H,4-6,12-14H2,1-3H3,(H2,22,23,24);1H. The Balaban J connectivity index is 0.00000261. The molecule has 0 radical (unpaired) electrons. The van der Waals surface area contributed by atoms with Crippen LogP contribution in [0.15, 0.2) is 39.8 Å². The number of nitrogens with one attached hydrogen (secondary N) is 2. The first kappa shape index (κ1) is 21.7. The molecule has 2 aromatic rings. The number of aryl methyl sites for hydroxylation is 2. The van der Waals surface area contributed by atoms with E-state index in [-0.39, 0.29) is 24.0 Å². The normalized spacial score (nSPS) is 18.7. The molecular weight excluding hydrogens is 451 g/mol. The molecule has 1 saturated carbocycles. The number of benzene rings is 1. The molecule has 1 aromatic carbocycles. The average molecular weight is 482 g/mol. The highest BCUT2D eigenvalue weighted by atomic mass is 127. The van der Waals surface area contributed by atoms with Crippen molar-refractivity contribution in [3.05, 3.63) is 52.9 Å². The Kier molecular flexibility index (Phi) is 8.60. The lowest BCUT2D eigenvalue weighted by Crippen LogP contribution is -2.38. The minimum Gasteiger partial charge on any atom is -0.361 e. The van der Waals surface area contributed by atoms with E-state index in [1.807, 2.05) is 0 Å². The maximum absolute atomic E-state index is 5.44.